The molecule has 112 valence electrons. The first kappa shape index (κ1) is 14.9. The van der Waals surface area contributed by atoms with E-state index in [-0.39, 0.29) is 10.8 Å². The Morgan fingerprint density at radius 1 is 1.48 bits per heavy atom. The summed E-state index contributed by atoms with van der Waals surface area (Å²) in [7, 11) is 0. The van der Waals surface area contributed by atoms with Crippen LogP contribution in [0, 0.1) is 5.82 Å². The van der Waals surface area contributed by atoms with E-state index in [0.29, 0.717) is 6.04 Å². The lowest BCUT2D eigenvalue weighted by atomic mass is 9.97. The van der Waals surface area contributed by atoms with E-state index in [4.69, 9.17) is 16.6 Å². The summed E-state index contributed by atoms with van der Waals surface area (Å²) in [6.07, 6.45) is 4.54. The van der Waals surface area contributed by atoms with E-state index in [1.54, 1.807) is 23.5 Å². The zero-order chi connectivity index (χ0) is 14.8. The average Bonchev–Trinajstić information content (AvgIpc) is 2.92. The first-order valence-electron chi connectivity index (χ1n) is 7.37. The van der Waals surface area contributed by atoms with Gasteiger partial charge in [0.25, 0.3) is 0 Å². The number of nitrogens with one attached hydrogen (secondary N) is 1. The van der Waals surface area contributed by atoms with Gasteiger partial charge in [-0.2, -0.15) is 0 Å². The molecular weight excluding hydrogens is 307 g/mol. The SMILES string of the molecule is CCCNC1CCCc2sc(-c3ccc(F)c(Cl)c3)nc21. The number of fused-ring (bicyclic) bond motifs is 1. The summed E-state index contributed by atoms with van der Waals surface area (Å²) in [6.45, 7) is 3.18. The highest BCUT2D eigenvalue weighted by atomic mass is 35.5. The zero-order valence-corrected chi connectivity index (χ0v) is 13.5. The normalized spacial score (nSPS) is 17.8. The van der Waals surface area contributed by atoms with Crippen LogP contribution in [0.1, 0.15) is 42.8 Å². The van der Waals surface area contributed by atoms with Crippen LogP contribution >= 0.6 is 22.9 Å². The molecule has 1 aliphatic carbocycles. The molecule has 2 nitrogen and oxygen atoms in total. The number of hydrogen-bond acceptors (Lipinski definition) is 3. The van der Waals surface area contributed by atoms with E-state index in [1.165, 1.54) is 23.1 Å². The Bertz CT molecular complexity index is 641. The molecule has 0 radical (unpaired) electrons. The summed E-state index contributed by atoms with van der Waals surface area (Å²) < 4.78 is 13.3. The Labute approximate surface area is 133 Å². The molecule has 1 N–H and O–H groups in total. The van der Waals surface area contributed by atoms with E-state index in [2.05, 4.69) is 12.2 Å². The topological polar surface area (TPSA) is 24.9 Å². The number of thiazole rings is 1. The molecule has 0 aliphatic heterocycles. The van der Waals surface area contributed by atoms with Crippen molar-refractivity contribution in [2.75, 3.05) is 6.54 Å². The molecule has 1 unspecified atom stereocenters. The highest BCUT2D eigenvalue weighted by Gasteiger charge is 2.24. The largest absolute Gasteiger partial charge is 0.309 e. The minimum absolute atomic E-state index is 0.154. The second kappa shape index (κ2) is 6.42. The summed E-state index contributed by atoms with van der Waals surface area (Å²) in [4.78, 5) is 6.15. The quantitative estimate of drug-likeness (QED) is 0.858. The van der Waals surface area contributed by atoms with Crippen molar-refractivity contribution in [3.8, 4) is 10.6 Å². The van der Waals surface area contributed by atoms with Gasteiger partial charge in [0.2, 0.25) is 0 Å². The Balaban J connectivity index is 1.91. The molecule has 1 aromatic heterocycles. The van der Waals surface area contributed by atoms with Crippen LogP contribution in [0.25, 0.3) is 10.6 Å². The third-order valence-electron chi connectivity index (χ3n) is 3.76. The molecule has 0 spiro atoms. The predicted molar refractivity (Wildman–Crippen MR) is 86.5 cm³/mol. The van der Waals surface area contributed by atoms with Gasteiger partial charge in [-0.05, 0) is 50.4 Å². The standard InChI is InChI=1S/C16H18ClFN2S/c1-2-8-19-13-4-3-5-14-15(13)20-16(21-14)10-6-7-12(18)11(17)9-10/h6-7,9,13,19H,2-5,8H2,1H3. The van der Waals surface area contributed by atoms with E-state index in [9.17, 15) is 4.39 Å². The molecule has 2 aromatic rings. The van der Waals surface area contributed by atoms with Crippen LogP contribution in [0.2, 0.25) is 5.02 Å². The maximum atomic E-state index is 13.3. The lowest BCUT2D eigenvalue weighted by Crippen LogP contribution is -2.25. The van der Waals surface area contributed by atoms with Gasteiger partial charge in [-0.15, -0.1) is 11.3 Å². The van der Waals surface area contributed by atoms with Crippen LogP contribution in [-0.2, 0) is 6.42 Å². The minimum atomic E-state index is -0.385. The smallest absolute Gasteiger partial charge is 0.141 e. The van der Waals surface area contributed by atoms with E-state index >= 15 is 0 Å². The van der Waals surface area contributed by atoms with Gasteiger partial charge in [-0.1, -0.05) is 18.5 Å². The minimum Gasteiger partial charge on any atom is -0.309 e. The zero-order valence-electron chi connectivity index (χ0n) is 12.0. The molecule has 3 rings (SSSR count). The van der Waals surface area contributed by atoms with Gasteiger partial charge in [0.05, 0.1) is 16.8 Å². The van der Waals surface area contributed by atoms with Gasteiger partial charge in [0.1, 0.15) is 10.8 Å². The third-order valence-corrected chi connectivity index (χ3v) is 5.23. The van der Waals surface area contributed by atoms with Gasteiger partial charge in [-0.3, -0.25) is 0 Å². The lowest BCUT2D eigenvalue weighted by molar-refractivity contribution is 0.454. The van der Waals surface area contributed by atoms with E-state index < -0.39 is 0 Å². The first-order valence-corrected chi connectivity index (χ1v) is 8.57. The molecule has 1 aliphatic rings. The summed E-state index contributed by atoms with van der Waals surface area (Å²) >= 11 is 7.59. The predicted octanol–water partition coefficient (Wildman–Crippen LogP) is 4.98. The molecule has 0 saturated carbocycles. The summed E-state index contributed by atoms with van der Waals surface area (Å²) in [5.74, 6) is -0.385. The van der Waals surface area contributed by atoms with Crippen molar-refractivity contribution < 1.29 is 4.39 Å². The van der Waals surface area contributed by atoms with Crippen LogP contribution in [-0.4, -0.2) is 11.5 Å². The molecule has 0 bridgehead atoms. The van der Waals surface area contributed by atoms with Crippen LogP contribution < -0.4 is 5.32 Å². The fourth-order valence-corrected chi connectivity index (χ4v) is 4.03. The fourth-order valence-electron chi connectivity index (χ4n) is 2.69. The van der Waals surface area contributed by atoms with Crippen molar-refractivity contribution in [1.29, 1.82) is 0 Å². The average molecular weight is 325 g/mol. The Hall–Kier alpha value is -0.970. The van der Waals surface area contributed by atoms with Gasteiger partial charge in [-0.25, -0.2) is 9.37 Å². The number of hydrogen-bond donors (Lipinski definition) is 1. The van der Waals surface area contributed by atoms with Gasteiger partial charge >= 0.3 is 0 Å². The number of aryl methyl sites for hydroxylation is 1. The summed E-state index contributed by atoms with van der Waals surface area (Å²) in [5.41, 5.74) is 2.07. The van der Waals surface area contributed by atoms with Crippen molar-refractivity contribution in [2.24, 2.45) is 0 Å². The number of aromatic nitrogens is 1. The highest BCUT2D eigenvalue weighted by Crippen LogP contribution is 2.37. The molecule has 0 amide bonds. The molecule has 5 heteroatoms. The van der Waals surface area contributed by atoms with Crippen molar-refractivity contribution in [1.82, 2.24) is 10.3 Å². The van der Waals surface area contributed by atoms with Crippen molar-refractivity contribution in [3.05, 3.63) is 39.6 Å². The summed E-state index contributed by atoms with van der Waals surface area (Å²) in [5, 5.41) is 4.66. The molecule has 21 heavy (non-hydrogen) atoms. The first-order chi connectivity index (χ1) is 10.2. The number of rotatable bonds is 4. The van der Waals surface area contributed by atoms with Crippen molar-refractivity contribution in [3.63, 3.8) is 0 Å². The van der Waals surface area contributed by atoms with Crippen LogP contribution in [0.5, 0.6) is 0 Å². The monoisotopic (exact) mass is 324 g/mol. The molecule has 0 fully saturated rings. The second-order valence-corrected chi connectivity index (χ2v) is 6.85. The third kappa shape index (κ3) is 3.12. The van der Waals surface area contributed by atoms with Crippen LogP contribution in [0.4, 0.5) is 4.39 Å². The van der Waals surface area contributed by atoms with Crippen LogP contribution in [0.15, 0.2) is 18.2 Å². The Morgan fingerprint density at radius 3 is 3.10 bits per heavy atom. The lowest BCUT2D eigenvalue weighted by Gasteiger charge is -2.22. The Morgan fingerprint density at radius 2 is 2.33 bits per heavy atom. The van der Waals surface area contributed by atoms with Gasteiger partial charge < -0.3 is 5.32 Å². The number of benzene rings is 1. The van der Waals surface area contributed by atoms with Crippen molar-refractivity contribution in [2.45, 2.75) is 38.6 Å². The molecule has 1 atom stereocenters. The van der Waals surface area contributed by atoms with E-state index in [0.717, 1.165) is 36.4 Å². The number of nitrogens with zero attached hydrogens (tertiary/aromatic N) is 1. The molecular formula is C16H18ClFN2S. The molecule has 1 aromatic carbocycles. The highest BCUT2D eigenvalue weighted by molar-refractivity contribution is 7.15. The van der Waals surface area contributed by atoms with Gasteiger partial charge in [0.15, 0.2) is 0 Å². The molecule has 0 saturated heterocycles. The van der Waals surface area contributed by atoms with Gasteiger partial charge in [0, 0.05) is 10.4 Å². The maximum absolute atomic E-state index is 13.3. The fraction of sp³-hybridized carbons (Fsp3) is 0.438. The van der Waals surface area contributed by atoms with E-state index in [1.807, 2.05) is 0 Å². The number of halogens is 2. The molecule has 1 heterocycles. The second-order valence-electron chi connectivity index (χ2n) is 5.36. The van der Waals surface area contributed by atoms with Crippen molar-refractivity contribution >= 4 is 22.9 Å². The van der Waals surface area contributed by atoms with Crippen LogP contribution in [0.3, 0.4) is 0 Å². The summed E-state index contributed by atoms with van der Waals surface area (Å²) in [6, 6.07) is 5.18. The Kier molecular flexibility index (Phi) is 4.57. The maximum Gasteiger partial charge on any atom is 0.141 e.